The lowest BCUT2D eigenvalue weighted by Gasteiger charge is -2.34. The Kier molecular flexibility index (Phi) is 8.73. The van der Waals surface area contributed by atoms with Gasteiger partial charge in [0, 0.05) is 6.07 Å². The molecule has 1 amide bonds. The molecule has 4 aliphatic rings. The van der Waals surface area contributed by atoms with E-state index in [1.54, 1.807) is 18.2 Å². The molecule has 1 saturated heterocycles. The summed E-state index contributed by atoms with van der Waals surface area (Å²) in [5, 5.41) is 0. The van der Waals surface area contributed by atoms with Gasteiger partial charge in [0.2, 0.25) is 18.2 Å². The van der Waals surface area contributed by atoms with E-state index in [4.69, 9.17) is 24.2 Å². The number of carbonyl (C=O) groups excluding carboxylic acids is 3. The second kappa shape index (κ2) is 12.4. The second-order valence-electron chi connectivity index (χ2n) is 14.3. The number of aromatic nitrogens is 2. The summed E-state index contributed by atoms with van der Waals surface area (Å²) in [5.41, 5.74) is 0.968. The highest BCUT2D eigenvalue weighted by Gasteiger charge is 2.55. The quantitative estimate of drug-likeness (QED) is 0.328. The Morgan fingerprint density at radius 1 is 1.02 bits per heavy atom. The fraction of sp³-hybridized carbons (Fsp3) is 0.676. The van der Waals surface area contributed by atoms with E-state index in [-0.39, 0.29) is 24.9 Å². The van der Waals surface area contributed by atoms with Crippen LogP contribution in [0.3, 0.4) is 0 Å². The van der Waals surface area contributed by atoms with Gasteiger partial charge in [0.1, 0.15) is 29.9 Å². The molecule has 1 aromatic carbocycles. The predicted octanol–water partition coefficient (Wildman–Crippen LogP) is 5.41. The average Bonchev–Trinajstić information content (AvgIpc) is 3.52. The van der Waals surface area contributed by atoms with Crippen LogP contribution < -0.4 is 9.47 Å². The number of esters is 1. The monoisotopic (exact) mass is 627 g/mol. The molecule has 2 aliphatic heterocycles. The molecular weight excluding hydrogens is 584 g/mol. The maximum absolute atomic E-state index is 14.7. The van der Waals surface area contributed by atoms with E-state index in [9.17, 15) is 23.2 Å². The van der Waals surface area contributed by atoms with Gasteiger partial charge in [0.25, 0.3) is 0 Å². The van der Waals surface area contributed by atoms with Gasteiger partial charge in [0.15, 0.2) is 0 Å². The van der Waals surface area contributed by atoms with Crippen LogP contribution in [0.5, 0.6) is 11.6 Å². The lowest BCUT2D eigenvalue weighted by atomic mass is 9.77. The van der Waals surface area contributed by atoms with Crippen LogP contribution in [0, 0.1) is 35.0 Å². The SMILES string of the molecule is COc1ccc2nc3c(nc2c1)O[C@H]1CN(C(=O)[C@H](C(C)(C)C)CC(=O)O[C@@H]2CC4CC4[C@H]2CCCCC3)[C@H](C=O)[C@@H]1C(F)F. The molecule has 2 saturated carbocycles. The highest BCUT2D eigenvalue weighted by Crippen LogP contribution is 2.58. The standard InChI is InChI=1S/C34H43F2N3O6/c1-34(2,3)22-15-29(41)44-27-13-18-12-21(18)20(27)8-6-5-7-9-24-32(38-25-14-19(43-4)10-11-23(25)37-24)45-28-16-39(33(22)42)26(17-40)30(28)31(35)36/h10-11,14,17-18,20-22,26-28,30-31H,5-9,12-13,15-16H2,1-4H3/t18?,20-,21?,22-,26-,27-,28+,30+/m1/s1. The fourth-order valence-corrected chi connectivity index (χ4v) is 7.82. The molecule has 0 radical (unpaired) electrons. The van der Waals surface area contributed by atoms with E-state index in [0.29, 0.717) is 52.9 Å². The molecule has 2 aliphatic carbocycles. The summed E-state index contributed by atoms with van der Waals surface area (Å²) < 4.78 is 47.0. The van der Waals surface area contributed by atoms with E-state index in [0.717, 1.165) is 32.1 Å². The largest absolute Gasteiger partial charge is 0.497 e. The van der Waals surface area contributed by atoms with Gasteiger partial charge >= 0.3 is 5.97 Å². The summed E-state index contributed by atoms with van der Waals surface area (Å²) in [6, 6.07) is 3.87. The first kappa shape index (κ1) is 31.6. The molecule has 2 aromatic rings. The number of aryl methyl sites for hydroxylation is 1. The Bertz CT molecular complexity index is 1450. The van der Waals surface area contributed by atoms with Gasteiger partial charge < -0.3 is 23.9 Å². The molecule has 244 valence electrons. The molecule has 6 rings (SSSR count). The maximum atomic E-state index is 14.7. The number of benzene rings is 1. The van der Waals surface area contributed by atoms with Crippen molar-refractivity contribution in [2.45, 2.75) is 96.8 Å². The van der Waals surface area contributed by atoms with Crippen LogP contribution in [-0.2, 0) is 25.5 Å². The molecule has 3 heterocycles. The number of ether oxygens (including phenoxy) is 3. The van der Waals surface area contributed by atoms with Gasteiger partial charge in [-0.3, -0.25) is 9.59 Å². The minimum absolute atomic E-state index is 0.124. The summed E-state index contributed by atoms with van der Waals surface area (Å²) in [6.07, 6.45) is 2.07. The molecule has 45 heavy (non-hydrogen) atoms. The number of methoxy groups -OCH3 is 1. The van der Waals surface area contributed by atoms with Crippen molar-refractivity contribution in [3.63, 3.8) is 0 Å². The van der Waals surface area contributed by atoms with E-state index in [2.05, 4.69) is 0 Å². The first-order valence-corrected chi connectivity index (χ1v) is 16.2. The Morgan fingerprint density at radius 3 is 2.53 bits per heavy atom. The van der Waals surface area contributed by atoms with Crippen molar-refractivity contribution in [1.29, 1.82) is 0 Å². The number of amides is 1. The molecule has 1 aromatic heterocycles. The van der Waals surface area contributed by atoms with Crippen molar-refractivity contribution in [3.8, 4) is 11.6 Å². The first-order chi connectivity index (χ1) is 21.5. The van der Waals surface area contributed by atoms with Gasteiger partial charge in [-0.25, -0.2) is 18.7 Å². The summed E-state index contributed by atoms with van der Waals surface area (Å²) in [5.74, 6) is -1.27. The summed E-state index contributed by atoms with van der Waals surface area (Å²) >= 11 is 0. The average molecular weight is 628 g/mol. The number of halogens is 2. The number of rotatable bonds is 3. The zero-order valence-corrected chi connectivity index (χ0v) is 26.4. The smallest absolute Gasteiger partial charge is 0.306 e. The van der Waals surface area contributed by atoms with Crippen molar-refractivity contribution in [2.24, 2.45) is 35.0 Å². The van der Waals surface area contributed by atoms with Crippen LogP contribution in [0.1, 0.15) is 71.4 Å². The van der Waals surface area contributed by atoms with Gasteiger partial charge in [-0.05, 0) is 67.4 Å². The lowest BCUT2D eigenvalue weighted by Crippen LogP contribution is -2.47. The van der Waals surface area contributed by atoms with Gasteiger partial charge in [-0.1, -0.05) is 33.6 Å². The Balaban J connectivity index is 1.38. The molecule has 2 unspecified atom stereocenters. The predicted molar refractivity (Wildman–Crippen MR) is 161 cm³/mol. The third kappa shape index (κ3) is 6.36. The number of aldehydes is 1. The highest BCUT2D eigenvalue weighted by molar-refractivity contribution is 5.87. The topological polar surface area (TPSA) is 108 Å². The highest BCUT2D eigenvalue weighted by atomic mass is 19.3. The number of hydrogen-bond donors (Lipinski definition) is 0. The van der Waals surface area contributed by atoms with Crippen molar-refractivity contribution in [2.75, 3.05) is 13.7 Å². The van der Waals surface area contributed by atoms with E-state index < -0.39 is 47.7 Å². The van der Waals surface area contributed by atoms with E-state index in [1.165, 1.54) is 18.4 Å². The summed E-state index contributed by atoms with van der Waals surface area (Å²) in [6.45, 7) is 5.25. The summed E-state index contributed by atoms with van der Waals surface area (Å²) in [7, 11) is 1.54. The van der Waals surface area contributed by atoms with Crippen LogP contribution in [0.15, 0.2) is 18.2 Å². The molecule has 11 heteroatoms. The van der Waals surface area contributed by atoms with Crippen molar-refractivity contribution in [1.82, 2.24) is 14.9 Å². The number of alkyl halides is 2. The van der Waals surface area contributed by atoms with Gasteiger partial charge in [-0.2, -0.15) is 0 Å². The molecule has 3 fully saturated rings. The third-order valence-electron chi connectivity index (χ3n) is 10.4. The normalized spacial score (nSPS) is 32.6. The van der Waals surface area contributed by atoms with Crippen molar-refractivity contribution in [3.05, 3.63) is 23.9 Å². The Hall–Kier alpha value is -3.37. The summed E-state index contributed by atoms with van der Waals surface area (Å²) in [4.78, 5) is 50.5. The van der Waals surface area contributed by atoms with Crippen LogP contribution in [-0.4, -0.2) is 71.4 Å². The second-order valence-corrected chi connectivity index (χ2v) is 14.3. The first-order valence-electron chi connectivity index (χ1n) is 16.2. The molecule has 9 nitrogen and oxygen atoms in total. The van der Waals surface area contributed by atoms with Crippen LogP contribution in [0.2, 0.25) is 0 Å². The van der Waals surface area contributed by atoms with Crippen LogP contribution in [0.4, 0.5) is 8.78 Å². The van der Waals surface area contributed by atoms with Crippen molar-refractivity contribution >= 4 is 29.2 Å². The van der Waals surface area contributed by atoms with E-state index >= 15 is 0 Å². The number of carbonyl (C=O) groups is 3. The molecular formula is C34H43F2N3O6. The molecule has 8 atom stereocenters. The van der Waals surface area contributed by atoms with Gasteiger partial charge in [-0.15, -0.1) is 0 Å². The van der Waals surface area contributed by atoms with Crippen LogP contribution in [0.25, 0.3) is 11.0 Å². The van der Waals surface area contributed by atoms with Crippen LogP contribution >= 0.6 is 0 Å². The molecule has 0 spiro atoms. The molecule has 2 bridgehead atoms. The van der Waals surface area contributed by atoms with Gasteiger partial charge in [0.05, 0.1) is 49.0 Å². The molecule has 0 N–H and O–H groups in total. The zero-order chi connectivity index (χ0) is 32.0. The minimum Gasteiger partial charge on any atom is -0.497 e. The number of fused-ring (bicyclic) bond motifs is 7. The Morgan fingerprint density at radius 2 is 1.82 bits per heavy atom. The number of hydrogen-bond acceptors (Lipinski definition) is 8. The lowest BCUT2D eigenvalue weighted by molar-refractivity contribution is -0.158. The van der Waals surface area contributed by atoms with E-state index in [1.807, 2.05) is 20.8 Å². The number of nitrogens with zero attached hydrogens (tertiary/aromatic N) is 3. The maximum Gasteiger partial charge on any atom is 0.306 e. The third-order valence-corrected chi connectivity index (χ3v) is 10.4. The fourth-order valence-electron chi connectivity index (χ4n) is 7.82. The minimum atomic E-state index is -2.95. The Labute approximate surface area is 262 Å². The van der Waals surface area contributed by atoms with Crippen molar-refractivity contribution < 1.29 is 37.4 Å². The zero-order valence-electron chi connectivity index (χ0n) is 26.4.